The van der Waals surface area contributed by atoms with Crippen LogP contribution < -0.4 is 5.32 Å². The number of nitrogens with one attached hydrogen (secondary N) is 1. The molecule has 0 radical (unpaired) electrons. The van der Waals surface area contributed by atoms with Crippen LogP contribution in [0.4, 0.5) is 0 Å². The highest BCUT2D eigenvalue weighted by atomic mass is 16.2. The van der Waals surface area contributed by atoms with Crippen molar-refractivity contribution >= 4 is 5.91 Å². The first-order chi connectivity index (χ1) is 8.54. The fraction of sp³-hybridized carbons (Fsp3) is 0.933. The lowest BCUT2D eigenvalue weighted by Gasteiger charge is -2.42. The average molecular weight is 252 g/mol. The van der Waals surface area contributed by atoms with Crippen molar-refractivity contribution in [2.24, 2.45) is 11.3 Å². The van der Waals surface area contributed by atoms with Crippen LogP contribution in [-0.4, -0.2) is 36.5 Å². The molecule has 18 heavy (non-hydrogen) atoms. The van der Waals surface area contributed by atoms with E-state index in [1.54, 1.807) is 0 Å². The summed E-state index contributed by atoms with van der Waals surface area (Å²) >= 11 is 0. The Kier molecular flexibility index (Phi) is 4.31. The van der Waals surface area contributed by atoms with Crippen LogP contribution in [-0.2, 0) is 4.79 Å². The minimum Gasteiger partial charge on any atom is -0.342 e. The summed E-state index contributed by atoms with van der Waals surface area (Å²) in [5, 5.41) is 3.43. The first kappa shape index (κ1) is 13.9. The Hall–Kier alpha value is -0.570. The van der Waals surface area contributed by atoms with Crippen molar-refractivity contribution in [1.82, 2.24) is 10.2 Å². The summed E-state index contributed by atoms with van der Waals surface area (Å²) in [6.07, 6.45) is 5.66. The third-order valence-corrected chi connectivity index (χ3v) is 4.92. The molecule has 2 heterocycles. The Balaban J connectivity index is 1.96. The zero-order chi connectivity index (χ0) is 13.2. The minimum absolute atomic E-state index is 0.264. The molecule has 0 bridgehead atoms. The number of carbonyl (C=O) groups excluding carboxylic acids is 1. The highest BCUT2D eigenvalue weighted by Gasteiger charge is 2.35. The lowest BCUT2D eigenvalue weighted by Crippen LogP contribution is -2.49. The van der Waals surface area contributed by atoms with Crippen molar-refractivity contribution in [3.63, 3.8) is 0 Å². The molecule has 3 nitrogen and oxygen atoms in total. The zero-order valence-corrected chi connectivity index (χ0v) is 12.2. The summed E-state index contributed by atoms with van der Waals surface area (Å²) in [7, 11) is 0. The van der Waals surface area contributed by atoms with Crippen LogP contribution in [0.2, 0.25) is 0 Å². The molecular weight excluding hydrogens is 224 g/mol. The van der Waals surface area contributed by atoms with E-state index in [4.69, 9.17) is 0 Å². The molecule has 3 heteroatoms. The summed E-state index contributed by atoms with van der Waals surface area (Å²) in [5.41, 5.74) is 0.354. The molecule has 2 aliphatic heterocycles. The number of rotatable bonds is 2. The van der Waals surface area contributed by atoms with Crippen LogP contribution in [0.15, 0.2) is 0 Å². The molecule has 0 aliphatic carbocycles. The summed E-state index contributed by atoms with van der Waals surface area (Å²) in [6.45, 7) is 9.72. The SMILES string of the molecule is CCC1(C)CCCN(C(=O)[C@H]2CCN[C@@H](C)C2)C1. The Morgan fingerprint density at radius 3 is 2.94 bits per heavy atom. The molecule has 0 saturated carbocycles. The number of amides is 1. The average Bonchev–Trinajstić information content (AvgIpc) is 2.38. The predicted octanol–water partition coefficient (Wildman–Crippen LogP) is 2.41. The van der Waals surface area contributed by atoms with Gasteiger partial charge in [-0.05, 0) is 51.0 Å². The third-order valence-electron chi connectivity index (χ3n) is 4.92. The second kappa shape index (κ2) is 5.60. The van der Waals surface area contributed by atoms with E-state index in [2.05, 4.69) is 31.0 Å². The van der Waals surface area contributed by atoms with E-state index < -0.39 is 0 Å². The van der Waals surface area contributed by atoms with Crippen LogP contribution in [0.3, 0.4) is 0 Å². The van der Waals surface area contributed by atoms with Crippen molar-refractivity contribution in [1.29, 1.82) is 0 Å². The van der Waals surface area contributed by atoms with Gasteiger partial charge in [-0.3, -0.25) is 4.79 Å². The van der Waals surface area contributed by atoms with Gasteiger partial charge in [-0.15, -0.1) is 0 Å². The number of nitrogens with zero attached hydrogens (tertiary/aromatic N) is 1. The molecule has 2 saturated heterocycles. The van der Waals surface area contributed by atoms with Crippen molar-refractivity contribution in [2.75, 3.05) is 19.6 Å². The van der Waals surface area contributed by atoms with Gasteiger partial charge in [-0.25, -0.2) is 0 Å². The highest BCUT2D eigenvalue weighted by Crippen LogP contribution is 2.33. The van der Waals surface area contributed by atoms with Gasteiger partial charge in [0, 0.05) is 25.0 Å². The number of carbonyl (C=O) groups is 1. The van der Waals surface area contributed by atoms with E-state index >= 15 is 0 Å². The second-order valence-electron chi connectivity index (χ2n) is 6.60. The van der Waals surface area contributed by atoms with Gasteiger partial charge in [-0.1, -0.05) is 13.8 Å². The first-order valence-corrected chi connectivity index (χ1v) is 7.56. The molecule has 2 aliphatic rings. The van der Waals surface area contributed by atoms with E-state index in [1.807, 2.05) is 0 Å². The van der Waals surface area contributed by atoms with Gasteiger partial charge in [0.05, 0.1) is 0 Å². The maximum Gasteiger partial charge on any atom is 0.225 e. The van der Waals surface area contributed by atoms with Gasteiger partial charge in [0.15, 0.2) is 0 Å². The Morgan fingerprint density at radius 2 is 2.28 bits per heavy atom. The van der Waals surface area contributed by atoms with Crippen LogP contribution in [0, 0.1) is 11.3 Å². The van der Waals surface area contributed by atoms with Crippen molar-refractivity contribution in [2.45, 2.75) is 58.9 Å². The molecule has 3 atom stereocenters. The fourth-order valence-corrected chi connectivity index (χ4v) is 3.41. The second-order valence-corrected chi connectivity index (χ2v) is 6.60. The van der Waals surface area contributed by atoms with Crippen molar-refractivity contribution in [3.05, 3.63) is 0 Å². The normalized spacial score (nSPS) is 37.6. The molecule has 2 rings (SSSR count). The highest BCUT2D eigenvalue weighted by molar-refractivity contribution is 5.79. The smallest absolute Gasteiger partial charge is 0.225 e. The van der Waals surface area contributed by atoms with Crippen LogP contribution >= 0.6 is 0 Å². The number of hydrogen-bond donors (Lipinski definition) is 1. The zero-order valence-electron chi connectivity index (χ0n) is 12.2. The Labute approximate surface area is 111 Å². The molecule has 1 unspecified atom stereocenters. The standard InChI is InChI=1S/C15H28N2O/c1-4-15(3)7-5-9-17(11-15)14(18)13-6-8-16-12(2)10-13/h12-13,16H,4-11H2,1-3H3/t12-,13-,15?/m0/s1. The van der Waals surface area contributed by atoms with Crippen molar-refractivity contribution in [3.8, 4) is 0 Å². The number of hydrogen-bond acceptors (Lipinski definition) is 2. The number of likely N-dealkylation sites (tertiary alicyclic amines) is 1. The number of piperidine rings is 2. The van der Waals surface area contributed by atoms with Gasteiger partial charge >= 0.3 is 0 Å². The summed E-state index contributed by atoms with van der Waals surface area (Å²) in [4.78, 5) is 14.7. The third kappa shape index (κ3) is 3.05. The van der Waals surface area contributed by atoms with E-state index in [0.29, 0.717) is 17.4 Å². The molecule has 0 spiro atoms. The lowest BCUT2D eigenvalue weighted by molar-refractivity contribution is -0.140. The fourth-order valence-electron chi connectivity index (χ4n) is 3.41. The molecule has 0 aromatic carbocycles. The Morgan fingerprint density at radius 1 is 1.50 bits per heavy atom. The van der Waals surface area contributed by atoms with Gasteiger partial charge in [0.2, 0.25) is 5.91 Å². The molecule has 0 aromatic heterocycles. The molecular formula is C15H28N2O. The van der Waals surface area contributed by atoms with Crippen LogP contribution in [0.5, 0.6) is 0 Å². The predicted molar refractivity (Wildman–Crippen MR) is 74.4 cm³/mol. The van der Waals surface area contributed by atoms with E-state index in [-0.39, 0.29) is 5.92 Å². The topological polar surface area (TPSA) is 32.3 Å². The van der Waals surface area contributed by atoms with E-state index in [9.17, 15) is 4.79 Å². The van der Waals surface area contributed by atoms with Gasteiger partial charge < -0.3 is 10.2 Å². The molecule has 1 N–H and O–H groups in total. The van der Waals surface area contributed by atoms with Gasteiger partial charge in [-0.2, -0.15) is 0 Å². The largest absolute Gasteiger partial charge is 0.342 e. The molecule has 2 fully saturated rings. The maximum absolute atomic E-state index is 12.6. The monoisotopic (exact) mass is 252 g/mol. The summed E-state index contributed by atoms with van der Waals surface area (Å²) < 4.78 is 0. The van der Waals surface area contributed by atoms with E-state index in [1.165, 1.54) is 19.3 Å². The van der Waals surface area contributed by atoms with Crippen molar-refractivity contribution < 1.29 is 4.79 Å². The lowest BCUT2D eigenvalue weighted by atomic mass is 9.79. The molecule has 104 valence electrons. The van der Waals surface area contributed by atoms with E-state index in [0.717, 1.165) is 32.5 Å². The molecule has 0 aromatic rings. The maximum atomic E-state index is 12.6. The van der Waals surface area contributed by atoms with Crippen LogP contribution in [0.1, 0.15) is 52.9 Å². The van der Waals surface area contributed by atoms with Gasteiger partial charge in [0.1, 0.15) is 0 Å². The minimum atomic E-state index is 0.264. The first-order valence-electron chi connectivity index (χ1n) is 7.56. The summed E-state index contributed by atoms with van der Waals surface area (Å²) in [6, 6.07) is 0.495. The quantitative estimate of drug-likeness (QED) is 0.818. The van der Waals surface area contributed by atoms with Crippen LogP contribution in [0.25, 0.3) is 0 Å². The van der Waals surface area contributed by atoms with Gasteiger partial charge in [0.25, 0.3) is 0 Å². The molecule has 1 amide bonds. The summed E-state index contributed by atoms with van der Waals surface area (Å²) in [5.74, 6) is 0.684. The Bertz CT molecular complexity index is 305.